The van der Waals surface area contributed by atoms with Crippen molar-refractivity contribution in [1.29, 1.82) is 0 Å². The van der Waals surface area contributed by atoms with Crippen molar-refractivity contribution in [3.05, 3.63) is 46.3 Å². The highest BCUT2D eigenvalue weighted by atomic mass is 35.5. The lowest BCUT2D eigenvalue weighted by Crippen LogP contribution is -2.27. The third kappa shape index (κ3) is 3.03. The predicted molar refractivity (Wildman–Crippen MR) is 76.1 cm³/mol. The summed E-state index contributed by atoms with van der Waals surface area (Å²) in [5, 5.41) is 4.18. The van der Waals surface area contributed by atoms with Crippen LogP contribution in [0.3, 0.4) is 0 Å². The molecule has 0 radical (unpaired) electrons. The molecule has 0 amide bonds. The van der Waals surface area contributed by atoms with Gasteiger partial charge in [-0.1, -0.05) is 22.8 Å². The van der Waals surface area contributed by atoms with Gasteiger partial charge in [-0.2, -0.15) is 4.31 Å². The van der Waals surface area contributed by atoms with Crippen LogP contribution in [-0.2, 0) is 16.6 Å². The molecule has 0 bridgehead atoms. The van der Waals surface area contributed by atoms with Crippen LogP contribution < -0.4 is 0 Å². The van der Waals surface area contributed by atoms with Gasteiger partial charge in [-0.25, -0.2) is 8.42 Å². The van der Waals surface area contributed by atoms with Gasteiger partial charge in [0.1, 0.15) is 5.76 Å². The van der Waals surface area contributed by atoms with Crippen LogP contribution >= 0.6 is 11.6 Å². The van der Waals surface area contributed by atoms with Crippen molar-refractivity contribution in [2.75, 3.05) is 7.05 Å². The van der Waals surface area contributed by atoms with E-state index < -0.39 is 10.0 Å². The van der Waals surface area contributed by atoms with E-state index in [9.17, 15) is 8.42 Å². The molecule has 1 aromatic carbocycles. The Hall–Kier alpha value is -1.37. The Kier molecular flexibility index (Phi) is 4.17. The van der Waals surface area contributed by atoms with Gasteiger partial charge in [0.15, 0.2) is 0 Å². The smallest absolute Gasteiger partial charge is 0.243 e. The largest absolute Gasteiger partial charge is 0.361 e. The van der Waals surface area contributed by atoms with Crippen molar-refractivity contribution in [1.82, 2.24) is 9.46 Å². The summed E-state index contributed by atoms with van der Waals surface area (Å²) in [5.41, 5.74) is 1.21. The quantitative estimate of drug-likeness (QED) is 0.870. The van der Waals surface area contributed by atoms with E-state index in [1.165, 1.54) is 17.4 Å². The van der Waals surface area contributed by atoms with Crippen LogP contribution in [-0.4, -0.2) is 24.9 Å². The van der Waals surface area contributed by atoms with E-state index in [0.717, 1.165) is 0 Å². The fraction of sp³-hybridized carbons (Fsp3) is 0.308. The average molecular weight is 315 g/mol. The highest BCUT2D eigenvalue weighted by Gasteiger charge is 2.24. The summed E-state index contributed by atoms with van der Waals surface area (Å²) in [4.78, 5) is 0.202. The van der Waals surface area contributed by atoms with Crippen molar-refractivity contribution < 1.29 is 12.9 Å². The van der Waals surface area contributed by atoms with Gasteiger partial charge in [0, 0.05) is 18.1 Å². The van der Waals surface area contributed by atoms with Crippen molar-refractivity contribution in [3.8, 4) is 0 Å². The van der Waals surface area contributed by atoms with Crippen LogP contribution in [0.4, 0.5) is 0 Å². The first-order chi connectivity index (χ1) is 9.30. The molecule has 0 aliphatic carbocycles. The molecule has 0 saturated carbocycles. The van der Waals surface area contributed by atoms with Crippen LogP contribution in [0.2, 0.25) is 5.02 Å². The third-order valence-electron chi connectivity index (χ3n) is 2.90. The van der Waals surface area contributed by atoms with Crippen LogP contribution in [0, 0.1) is 13.8 Å². The number of sulfonamides is 1. The van der Waals surface area contributed by atoms with Crippen LogP contribution in [0.5, 0.6) is 0 Å². The summed E-state index contributed by atoms with van der Waals surface area (Å²) in [6.45, 7) is 3.63. The lowest BCUT2D eigenvalue weighted by molar-refractivity contribution is 0.378. The maximum atomic E-state index is 12.5. The minimum Gasteiger partial charge on any atom is -0.361 e. The number of halogens is 1. The first kappa shape index (κ1) is 15.0. The maximum absolute atomic E-state index is 12.5. The molecule has 0 atom stereocenters. The molecule has 5 nitrogen and oxygen atoms in total. The SMILES string of the molecule is Cc1cc(CN(C)S(=O)(=O)c2cc(Cl)ccc2C)no1. The van der Waals surface area contributed by atoms with Crippen molar-refractivity contribution in [2.45, 2.75) is 25.3 Å². The number of aryl methyl sites for hydroxylation is 2. The first-order valence-electron chi connectivity index (χ1n) is 5.95. The monoisotopic (exact) mass is 314 g/mol. The molecule has 20 heavy (non-hydrogen) atoms. The van der Waals surface area contributed by atoms with Gasteiger partial charge in [0.25, 0.3) is 0 Å². The van der Waals surface area contributed by atoms with Gasteiger partial charge >= 0.3 is 0 Å². The Balaban J connectivity index is 2.32. The van der Waals surface area contributed by atoms with Crippen molar-refractivity contribution in [3.63, 3.8) is 0 Å². The molecule has 1 heterocycles. The van der Waals surface area contributed by atoms with E-state index in [2.05, 4.69) is 5.16 Å². The normalized spacial score (nSPS) is 12.1. The molecule has 1 aromatic heterocycles. The Morgan fingerprint density at radius 3 is 2.60 bits per heavy atom. The Morgan fingerprint density at radius 1 is 1.30 bits per heavy atom. The number of rotatable bonds is 4. The molecule has 2 rings (SSSR count). The zero-order chi connectivity index (χ0) is 14.9. The lowest BCUT2D eigenvalue weighted by Gasteiger charge is -2.17. The molecular weight excluding hydrogens is 300 g/mol. The number of hydrogen-bond donors (Lipinski definition) is 0. The van der Waals surface area contributed by atoms with Gasteiger partial charge in [0.2, 0.25) is 10.0 Å². The van der Waals surface area contributed by atoms with E-state index in [0.29, 0.717) is 22.0 Å². The van der Waals surface area contributed by atoms with Gasteiger partial charge in [-0.05, 0) is 31.5 Å². The second-order valence-corrected chi connectivity index (χ2v) is 7.05. The molecular formula is C13H15ClN2O3S. The molecule has 0 aliphatic heterocycles. The summed E-state index contributed by atoms with van der Waals surface area (Å²) in [5.74, 6) is 0.643. The van der Waals surface area contributed by atoms with Crippen molar-refractivity contribution >= 4 is 21.6 Å². The fourth-order valence-corrected chi connectivity index (χ4v) is 3.45. The highest BCUT2D eigenvalue weighted by Crippen LogP contribution is 2.23. The van der Waals surface area contributed by atoms with Crippen LogP contribution in [0.25, 0.3) is 0 Å². The topological polar surface area (TPSA) is 63.4 Å². The van der Waals surface area contributed by atoms with Gasteiger partial charge in [0.05, 0.1) is 17.1 Å². The van der Waals surface area contributed by atoms with E-state index in [4.69, 9.17) is 16.1 Å². The molecule has 0 saturated heterocycles. The Morgan fingerprint density at radius 2 is 2.00 bits per heavy atom. The second kappa shape index (κ2) is 5.55. The van der Waals surface area contributed by atoms with Crippen LogP contribution in [0.1, 0.15) is 17.0 Å². The van der Waals surface area contributed by atoms with E-state index >= 15 is 0 Å². The summed E-state index contributed by atoms with van der Waals surface area (Å²) >= 11 is 5.88. The number of benzene rings is 1. The minimum atomic E-state index is -3.61. The number of nitrogens with zero attached hydrogens (tertiary/aromatic N) is 2. The molecule has 0 spiro atoms. The zero-order valence-corrected chi connectivity index (χ0v) is 13.0. The number of aromatic nitrogens is 1. The standard InChI is InChI=1S/C13H15ClN2O3S/c1-9-4-5-11(14)7-13(9)20(17,18)16(3)8-12-6-10(2)19-15-12/h4-7H,8H2,1-3H3. The molecule has 2 aromatic rings. The predicted octanol–water partition coefficient (Wildman–Crippen LogP) is 2.77. The molecule has 7 heteroatoms. The van der Waals surface area contributed by atoms with E-state index in [1.807, 2.05) is 0 Å². The molecule has 0 aliphatic rings. The first-order valence-corrected chi connectivity index (χ1v) is 7.77. The average Bonchev–Trinajstić information content (AvgIpc) is 2.77. The Labute approximate surface area is 123 Å². The number of hydrogen-bond acceptors (Lipinski definition) is 4. The fourth-order valence-electron chi connectivity index (χ4n) is 1.83. The summed E-state index contributed by atoms with van der Waals surface area (Å²) in [6, 6.07) is 6.51. The zero-order valence-electron chi connectivity index (χ0n) is 11.4. The summed E-state index contributed by atoms with van der Waals surface area (Å²) < 4.78 is 31.2. The third-order valence-corrected chi connectivity index (χ3v) is 5.08. The van der Waals surface area contributed by atoms with E-state index in [1.54, 1.807) is 32.0 Å². The highest BCUT2D eigenvalue weighted by molar-refractivity contribution is 7.89. The second-order valence-electron chi connectivity index (χ2n) is 4.60. The lowest BCUT2D eigenvalue weighted by atomic mass is 10.2. The molecule has 0 N–H and O–H groups in total. The van der Waals surface area contributed by atoms with Gasteiger partial charge in [-0.3, -0.25) is 0 Å². The molecule has 0 unspecified atom stereocenters. The van der Waals surface area contributed by atoms with Crippen molar-refractivity contribution in [2.24, 2.45) is 0 Å². The summed E-state index contributed by atoms with van der Waals surface area (Å²) in [7, 11) is -2.11. The molecule has 108 valence electrons. The van der Waals surface area contributed by atoms with Gasteiger partial charge in [-0.15, -0.1) is 0 Å². The minimum absolute atomic E-state index is 0.144. The maximum Gasteiger partial charge on any atom is 0.243 e. The van der Waals surface area contributed by atoms with Gasteiger partial charge < -0.3 is 4.52 Å². The summed E-state index contributed by atoms with van der Waals surface area (Å²) in [6.07, 6.45) is 0. The Bertz CT molecular complexity index is 725. The van der Waals surface area contributed by atoms with E-state index in [-0.39, 0.29) is 11.4 Å². The molecule has 0 fully saturated rings. The van der Waals surface area contributed by atoms with Crippen LogP contribution in [0.15, 0.2) is 33.7 Å².